The van der Waals surface area contributed by atoms with E-state index in [2.05, 4.69) is 4.98 Å². The first kappa shape index (κ1) is 24.0. The molecule has 2 heterocycles. The Morgan fingerprint density at radius 2 is 1.63 bits per heavy atom. The standard InChI is InChI=1S/C24H21F2N3O6/c1-23(34-19(31)16-10-6-3-7-11-16)20(25)24(26,14-33-18(30)15-8-4-2-5-9-15)35-21(23)29-13-12-17(27)28-22(29)32/h2-13,20-21H,14H2,1H3,(H2,27,28,32)/t20-,21+,23+,24+/m0/s1. The van der Waals surface area contributed by atoms with Crippen molar-refractivity contribution in [3.63, 3.8) is 0 Å². The van der Waals surface area contributed by atoms with E-state index in [1.165, 1.54) is 30.3 Å². The van der Waals surface area contributed by atoms with Gasteiger partial charge >= 0.3 is 17.6 Å². The molecule has 1 fully saturated rings. The Bertz CT molecular complexity index is 1290. The number of nitrogens with zero attached hydrogens (tertiary/aromatic N) is 2. The predicted molar refractivity (Wildman–Crippen MR) is 119 cm³/mol. The lowest BCUT2D eigenvalue weighted by atomic mass is 9.95. The average Bonchev–Trinajstić information content (AvgIpc) is 3.05. The summed E-state index contributed by atoms with van der Waals surface area (Å²) in [5.41, 5.74) is 2.34. The number of hydrogen-bond acceptors (Lipinski definition) is 8. The van der Waals surface area contributed by atoms with Crippen molar-refractivity contribution in [3.05, 3.63) is 94.5 Å². The van der Waals surface area contributed by atoms with Crippen molar-refractivity contribution in [1.29, 1.82) is 0 Å². The molecule has 35 heavy (non-hydrogen) atoms. The number of anilines is 1. The van der Waals surface area contributed by atoms with E-state index in [4.69, 9.17) is 19.9 Å². The lowest BCUT2D eigenvalue weighted by Crippen LogP contribution is -2.50. The van der Waals surface area contributed by atoms with Crippen molar-refractivity contribution < 1.29 is 32.6 Å². The quantitative estimate of drug-likeness (QED) is 0.529. The molecule has 0 amide bonds. The summed E-state index contributed by atoms with van der Waals surface area (Å²) in [6.07, 6.45) is -3.36. The number of nitrogen functional groups attached to an aromatic ring is 1. The van der Waals surface area contributed by atoms with Gasteiger partial charge in [-0.2, -0.15) is 4.98 Å². The van der Waals surface area contributed by atoms with Gasteiger partial charge in [-0.05, 0) is 37.3 Å². The fraction of sp³-hybridized carbons (Fsp3) is 0.250. The summed E-state index contributed by atoms with van der Waals surface area (Å²) in [5, 5.41) is 0. The second kappa shape index (κ2) is 9.26. The van der Waals surface area contributed by atoms with E-state index in [1.54, 1.807) is 36.4 Å². The lowest BCUT2D eigenvalue weighted by Gasteiger charge is -2.31. The smallest absolute Gasteiger partial charge is 0.351 e. The third-order valence-corrected chi connectivity index (χ3v) is 5.52. The molecule has 0 spiro atoms. The largest absolute Gasteiger partial charge is 0.456 e. The van der Waals surface area contributed by atoms with Gasteiger partial charge < -0.3 is 19.9 Å². The van der Waals surface area contributed by atoms with Gasteiger partial charge in [0.05, 0.1) is 11.1 Å². The molecule has 0 saturated carbocycles. The Labute approximate surface area is 198 Å². The van der Waals surface area contributed by atoms with Gasteiger partial charge in [-0.3, -0.25) is 4.57 Å². The van der Waals surface area contributed by atoms with E-state index in [1.807, 2.05) is 0 Å². The number of alkyl halides is 2. The van der Waals surface area contributed by atoms with Crippen LogP contribution >= 0.6 is 0 Å². The summed E-state index contributed by atoms with van der Waals surface area (Å²) in [6.45, 7) is -0.0969. The van der Waals surface area contributed by atoms with Crippen LogP contribution < -0.4 is 11.4 Å². The number of ether oxygens (including phenoxy) is 3. The maximum atomic E-state index is 15.9. The summed E-state index contributed by atoms with van der Waals surface area (Å²) in [5.74, 6) is -5.29. The van der Waals surface area contributed by atoms with Crippen LogP contribution in [0.25, 0.3) is 0 Å². The molecule has 1 aliphatic rings. The van der Waals surface area contributed by atoms with Gasteiger partial charge in [-0.25, -0.2) is 23.2 Å². The Morgan fingerprint density at radius 3 is 2.20 bits per heavy atom. The highest BCUT2D eigenvalue weighted by Gasteiger charge is 2.68. The molecule has 4 atom stereocenters. The van der Waals surface area contributed by atoms with Crippen LogP contribution in [-0.4, -0.2) is 45.7 Å². The molecule has 182 valence electrons. The second-order valence-electron chi connectivity index (χ2n) is 8.04. The van der Waals surface area contributed by atoms with Gasteiger partial charge in [0.25, 0.3) is 5.85 Å². The van der Waals surface area contributed by atoms with Crippen LogP contribution in [-0.2, 0) is 14.2 Å². The summed E-state index contributed by atoms with van der Waals surface area (Å²) in [6, 6.07) is 16.5. The maximum absolute atomic E-state index is 15.9. The van der Waals surface area contributed by atoms with E-state index in [9.17, 15) is 14.4 Å². The van der Waals surface area contributed by atoms with Gasteiger partial charge in [0.2, 0.25) is 6.17 Å². The summed E-state index contributed by atoms with van der Waals surface area (Å²) < 4.78 is 48.0. The highest BCUT2D eigenvalue weighted by Crippen LogP contribution is 2.49. The minimum absolute atomic E-state index is 0.0642. The summed E-state index contributed by atoms with van der Waals surface area (Å²) >= 11 is 0. The first-order valence-electron chi connectivity index (χ1n) is 10.5. The number of carbonyl (C=O) groups is 2. The van der Waals surface area contributed by atoms with E-state index >= 15 is 8.78 Å². The number of aromatic nitrogens is 2. The molecule has 0 bridgehead atoms. The Morgan fingerprint density at radius 1 is 1.06 bits per heavy atom. The average molecular weight is 485 g/mol. The van der Waals surface area contributed by atoms with Crippen LogP contribution in [0.2, 0.25) is 0 Å². The lowest BCUT2D eigenvalue weighted by molar-refractivity contribution is -0.198. The molecule has 1 aromatic heterocycles. The van der Waals surface area contributed by atoms with E-state index in [-0.39, 0.29) is 16.9 Å². The zero-order chi connectivity index (χ0) is 25.2. The minimum Gasteiger partial charge on any atom is -0.456 e. The molecule has 0 aliphatic carbocycles. The zero-order valence-electron chi connectivity index (χ0n) is 18.5. The molecular weight excluding hydrogens is 464 g/mol. The first-order chi connectivity index (χ1) is 16.6. The molecule has 1 saturated heterocycles. The monoisotopic (exact) mass is 485 g/mol. The number of esters is 2. The summed E-state index contributed by atoms with van der Waals surface area (Å²) in [4.78, 5) is 41.0. The molecule has 4 rings (SSSR count). The van der Waals surface area contributed by atoms with Crippen molar-refractivity contribution >= 4 is 17.8 Å². The predicted octanol–water partition coefficient (Wildman–Crippen LogP) is 2.83. The van der Waals surface area contributed by atoms with Crippen LogP contribution in [0.1, 0.15) is 33.9 Å². The van der Waals surface area contributed by atoms with Gasteiger partial charge in [0.1, 0.15) is 5.82 Å². The number of hydrogen-bond donors (Lipinski definition) is 1. The number of rotatable bonds is 6. The Kier molecular flexibility index (Phi) is 6.35. The third-order valence-electron chi connectivity index (χ3n) is 5.52. The number of carbonyl (C=O) groups excluding carboxylic acids is 2. The first-order valence-corrected chi connectivity index (χ1v) is 10.5. The minimum atomic E-state index is -3.26. The topological polar surface area (TPSA) is 123 Å². The van der Waals surface area contributed by atoms with Crippen molar-refractivity contribution in [1.82, 2.24) is 9.55 Å². The summed E-state index contributed by atoms with van der Waals surface area (Å²) in [7, 11) is 0. The third kappa shape index (κ3) is 4.62. The highest BCUT2D eigenvalue weighted by molar-refractivity contribution is 5.90. The van der Waals surface area contributed by atoms with Crippen LogP contribution in [0, 0.1) is 0 Å². The molecule has 9 nitrogen and oxygen atoms in total. The van der Waals surface area contributed by atoms with Crippen LogP contribution in [0.4, 0.5) is 14.6 Å². The fourth-order valence-electron chi connectivity index (χ4n) is 3.72. The molecule has 2 aromatic carbocycles. The number of nitrogens with two attached hydrogens (primary N) is 1. The molecule has 1 aliphatic heterocycles. The molecule has 0 radical (unpaired) electrons. The van der Waals surface area contributed by atoms with Crippen molar-refractivity contribution in [2.24, 2.45) is 0 Å². The Balaban J connectivity index is 1.66. The highest BCUT2D eigenvalue weighted by atomic mass is 19.2. The zero-order valence-corrected chi connectivity index (χ0v) is 18.5. The van der Waals surface area contributed by atoms with E-state index < -0.39 is 48.1 Å². The van der Waals surface area contributed by atoms with Crippen molar-refractivity contribution in [2.75, 3.05) is 12.3 Å². The van der Waals surface area contributed by atoms with Gasteiger partial charge in [0, 0.05) is 6.20 Å². The molecule has 3 aromatic rings. The SMILES string of the molecule is C[C@]1(OC(=O)c2ccccc2)[C@H](n2ccc(N)nc2=O)O[C@](F)(COC(=O)c2ccccc2)[C@H]1F. The van der Waals surface area contributed by atoms with E-state index in [0.29, 0.717) is 0 Å². The van der Waals surface area contributed by atoms with E-state index in [0.717, 1.165) is 17.7 Å². The normalized spacial score (nSPS) is 25.7. The second-order valence-corrected chi connectivity index (χ2v) is 8.04. The van der Waals surface area contributed by atoms with Crippen LogP contribution in [0.5, 0.6) is 0 Å². The van der Waals surface area contributed by atoms with Crippen LogP contribution in [0.3, 0.4) is 0 Å². The number of benzene rings is 2. The van der Waals surface area contributed by atoms with Gasteiger partial charge in [0.15, 0.2) is 18.4 Å². The van der Waals surface area contributed by atoms with Crippen LogP contribution in [0.15, 0.2) is 77.7 Å². The molecule has 2 N–H and O–H groups in total. The molecule has 0 unspecified atom stereocenters. The van der Waals surface area contributed by atoms with Gasteiger partial charge in [-0.1, -0.05) is 36.4 Å². The Hall–Kier alpha value is -4.12. The molecule has 11 heteroatoms. The molecular formula is C24H21F2N3O6. The maximum Gasteiger partial charge on any atom is 0.351 e. The fourth-order valence-corrected chi connectivity index (χ4v) is 3.72. The number of halogens is 2. The van der Waals surface area contributed by atoms with Crippen molar-refractivity contribution in [2.45, 2.75) is 30.8 Å². The van der Waals surface area contributed by atoms with Crippen molar-refractivity contribution in [3.8, 4) is 0 Å². The van der Waals surface area contributed by atoms with Gasteiger partial charge in [-0.15, -0.1) is 0 Å².